The highest BCUT2D eigenvalue weighted by Gasteiger charge is 2.12. The van der Waals surface area contributed by atoms with Gasteiger partial charge in [0, 0.05) is 10.0 Å². The molecule has 0 atom stereocenters. The minimum atomic E-state index is 0.0992. The highest BCUT2D eigenvalue weighted by Crippen LogP contribution is 2.13. The SMILES string of the molecule is O=C(CN1CSC=N1)c1ccc(Br)cc1. The van der Waals surface area contributed by atoms with Crippen LogP contribution < -0.4 is 0 Å². The Morgan fingerprint density at radius 2 is 2.20 bits per heavy atom. The van der Waals surface area contributed by atoms with Gasteiger partial charge in [0.05, 0.1) is 11.4 Å². The predicted octanol–water partition coefficient (Wildman–Crippen LogP) is 2.58. The normalized spacial score (nSPS) is 14.6. The van der Waals surface area contributed by atoms with Crippen LogP contribution in [0.15, 0.2) is 33.8 Å². The van der Waals surface area contributed by atoms with E-state index in [9.17, 15) is 4.79 Å². The minimum Gasteiger partial charge on any atom is -0.292 e. The van der Waals surface area contributed by atoms with Gasteiger partial charge in [0.15, 0.2) is 5.78 Å². The smallest absolute Gasteiger partial charge is 0.183 e. The Kier molecular flexibility index (Phi) is 3.43. The molecule has 3 nitrogen and oxygen atoms in total. The van der Waals surface area contributed by atoms with Gasteiger partial charge in [-0.05, 0) is 12.1 Å². The second kappa shape index (κ2) is 4.81. The summed E-state index contributed by atoms with van der Waals surface area (Å²) in [6.07, 6.45) is 0. The van der Waals surface area contributed by atoms with Crippen LogP contribution in [0, 0.1) is 0 Å². The van der Waals surface area contributed by atoms with Crippen LogP contribution in [0.1, 0.15) is 10.4 Å². The molecule has 5 heteroatoms. The number of rotatable bonds is 3. The monoisotopic (exact) mass is 284 g/mol. The van der Waals surface area contributed by atoms with Gasteiger partial charge in [0.2, 0.25) is 0 Å². The molecule has 0 radical (unpaired) electrons. The van der Waals surface area contributed by atoms with Gasteiger partial charge in [-0.15, -0.1) is 0 Å². The number of nitrogens with zero attached hydrogens (tertiary/aromatic N) is 2. The molecule has 1 aromatic carbocycles. The maximum Gasteiger partial charge on any atom is 0.183 e. The van der Waals surface area contributed by atoms with Crippen molar-refractivity contribution < 1.29 is 4.79 Å². The third-order valence-corrected chi connectivity index (χ3v) is 3.22. The molecule has 15 heavy (non-hydrogen) atoms. The van der Waals surface area contributed by atoms with Gasteiger partial charge in [0.1, 0.15) is 6.54 Å². The summed E-state index contributed by atoms with van der Waals surface area (Å²) in [4.78, 5) is 11.8. The van der Waals surface area contributed by atoms with E-state index in [-0.39, 0.29) is 5.78 Å². The van der Waals surface area contributed by atoms with Gasteiger partial charge in [-0.2, -0.15) is 5.10 Å². The van der Waals surface area contributed by atoms with Crippen LogP contribution in [0.3, 0.4) is 0 Å². The van der Waals surface area contributed by atoms with Crippen molar-refractivity contribution in [2.45, 2.75) is 0 Å². The molecule has 78 valence electrons. The summed E-state index contributed by atoms with van der Waals surface area (Å²) in [5.41, 5.74) is 2.49. The largest absolute Gasteiger partial charge is 0.292 e. The van der Waals surface area contributed by atoms with Gasteiger partial charge in [-0.25, -0.2) is 0 Å². The Morgan fingerprint density at radius 1 is 1.47 bits per heavy atom. The Hall–Kier alpha value is -0.810. The third kappa shape index (κ3) is 2.82. The molecule has 2 rings (SSSR count). The first-order valence-electron chi connectivity index (χ1n) is 4.43. The van der Waals surface area contributed by atoms with Crippen molar-refractivity contribution in [1.29, 1.82) is 0 Å². The zero-order chi connectivity index (χ0) is 10.7. The molecule has 0 saturated carbocycles. The molecule has 1 aliphatic rings. The first-order chi connectivity index (χ1) is 7.25. The van der Waals surface area contributed by atoms with E-state index in [1.807, 2.05) is 24.3 Å². The fraction of sp³-hybridized carbons (Fsp3) is 0.200. The van der Waals surface area contributed by atoms with E-state index in [1.165, 1.54) is 0 Å². The molecular formula is C10H9BrN2OS. The van der Waals surface area contributed by atoms with E-state index in [0.717, 1.165) is 15.9 Å². The Morgan fingerprint density at radius 3 is 2.80 bits per heavy atom. The van der Waals surface area contributed by atoms with E-state index >= 15 is 0 Å². The molecule has 0 fully saturated rings. The summed E-state index contributed by atoms with van der Waals surface area (Å²) in [6, 6.07) is 7.38. The molecule has 1 aromatic rings. The minimum absolute atomic E-state index is 0.0992. The number of carbonyl (C=O) groups excluding carboxylic acids is 1. The molecule has 0 N–H and O–H groups in total. The molecule has 0 unspecified atom stereocenters. The lowest BCUT2D eigenvalue weighted by Crippen LogP contribution is -2.22. The number of thioether (sulfide) groups is 1. The third-order valence-electron chi connectivity index (χ3n) is 2.00. The Balaban J connectivity index is 2.01. The molecular weight excluding hydrogens is 276 g/mol. The maximum absolute atomic E-state index is 11.8. The standard InChI is InChI=1S/C10H9BrN2OS/c11-9-3-1-8(2-4-9)10(14)5-13-7-15-6-12-13/h1-4,6H,5,7H2. The fourth-order valence-electron chi connectivity index (χ4n) is 1.23. The van der Waals surface area contributed by atoms with Crippen LogP contribution in [-0.2, 0) is 0 Å². The van der Waals surface area contributed by atoms with Crippen molar-refractivity contribution in [2.24, 2.45) is 5.10 Å². The molecule has 0 aliphatic carbocycles. The summed E-state index contributed by atoms with van der Waals surface area (Å²) < 4.78 is 0.980. The van der Waals surface area contributed by atoms with Gasteiger partial charge in [0.25, 0.3) is 0 Å². The number of benzene rings is 1. The number of hydrazone groups is 1. The summed E-state index contributed by atoms with van der Waals surface area (Å²) in [6.45, 7) is 0.352. The van der Waals surface area contributed by atoms with Crippen LogP contribution in [0.5, 0.6) is 0 Å². The van der Waals surface area contributed by atoms with E-state index < -0.39 is 0 Å². The second-order valence-electron chi connectivity index (χ2n) is 3.11. The number of ketones is 1. The van der Waals surface area contributed by atoms with Crippen LogP contribution >= 0.6 is 27.7 Å². The lowest BCUT2D eigenvalue weighted by Gasteiger charge is -2.11. The number of Topliss-reactive ketones (excluding diaryl/α,β-unsaturated/α-hetero) is 1. The van der Waals surface area contributed by atoms with Gasteiger partial charge in [-0.3, -0.25) is 9.80 Å². The average molecular weight is 285 g/mol. The predicted molar refractivity (Wildman–Crippen MR) is 66.1 cm³/mol. The summed E-state index contributed by atoms with van der Waals surface area (Å²) in [5.74, 6) is 0.865. The van der Waals surface area contributed by atoms with Crippen LogP contribution in [-0.4, -0.2) is 28.8 Å². The Labute approximate surface area is 101 Å². The zero-order valence-corrected chi connectivity index (χ0v) is 10.3. The summed E-state index contributed by atoms with van der Waals surface area (Å²) >= 11 is 4.93. The van der Waals surface area contributed by atoms with Crippen LogP contribution in [0.4, 0.5) is 0 Å². The van der Waals surface area contributed by atoms with E-state index in [0.29, 0.717) is 6.54 Å². The van der Waals surface area contributed by atoms with Crippen molar-refractivity contribution in [3.05, 3.63) is 34.3 Å². The maximum atomic E-state index is 11.8. The number of halogens is 1. The first-order valence-corrected chi connectivity index (χ1v) is 6.27. The van der Waals surface area contributed by atoms with Crippen molar-refractivity contribution in [3.8, 4) is 0 Å². The summed E-state index contributed by atoms with van der Waals surface area (Å²) in [7, 11) is 0. The quantitative estimate of drug-likeness (QED) is 0.800. The van der Waals surface area contributed by atoms with Crippen molar-refractivity contribution >= 4 is 39.0 Å². The van der Waals surface area contributed by atoms with Crippen LogP contribution in [0.2, 0.25) is 0 Å². The zero-order valence-electron chi connectivity index (χ0n) is 7.89. The highest BCUT2D eigenvalue weighted by molar-refractivity contribution is 9.10. The van der Waals surface area contributed by atoms with Gasteiger partial charge in [-0.1, -0.05) is 39.8 Å². The van der Waals surface area contributed by atoms with Crippen molar-refractivity contribution in [2.75, 3.05) is 12.4 Å². The number of hydrogen-bond donors (Lipinski definition) is 0. The van der Waals surface area contributed by atoms with Crippen molar-refractivity contribution in [3.63, 3.8) is 0 Å². The molecule has 0 bridgehead atoms. The summed E-state index contributed by atoms with van der Waals surface area (Å²) in [5, 5.41) is 5.82. The molecule has 1 heterocycles. The topological polar surface area (TPSA) is 32.7 Å². The molecule has 1 aliphatic heterocycles. The fourth-order valence-corrected chi connectivity index (χ4v) is 2.09. The number of carbonyl (C=O) groups is 1. The molecule has 0 spiro atoms. The lowest BCUT2D eigenvalue weighted by molar-refractivity contribution is 0.0946. The van der Waals surface area contributed by atoms with E-state index in [2.05, 4.69) is 21.0 Å². The molecule has 0 aromatic heterocycles. The van der Waals surface area contributed by atoms with Gasteiger partial charge < -0.3 is 0 Å². The molecule has 0 saturated heterocycles. The Bertz CT molecular complexity index is 391. The number of hydrogen-bond acceptors (Lipinski definition) is 4. The average Bonchev–Trinajstić information content (AvgIpc) is 2.71. The van der Waals surface area contributed by atoms with Gasteiger partial charge >= 0.3 is 0 Å². The highest BCUT2D eigenvalue weighted by atomic mass is 79.9. The second-order valence-corrected chi connectivity index (χ2v) is 4.83. The van der Waals surface area contributed by atoms with E-state index in [4.69, 9.17) is 0 Å². The molecule has 0 amide bonds. The van der Waals surface area contributed by atoms with Crippen molar-refractivity contribution in [1.82, 2.24) is 5.01 Å². The van der Waals surface area contributed by atoms with Crippen LogP contribution in [0.25, 0.3) is 0 Å². The first kappa shape index (κ1) is 10.7. The van der Waals surface area contributed by atoms with E-state index in [1.54, 1.807) is 22.3 Å². The lowest BCUT2D eigenvalue weighted by atomic mass is 10.1.